The third-order valence-electron chi connectivity index (χ3n) is 3.30. The summed E-state index contributed by atoms with van der Waals surface area (Å²) in [6.45, 7) is 11.9. The molecule has 2 nitrogen and oxygen atoms in total. The second kappa shape index (κ2) is 6.61. The zero-order chi connectivity index (χ0) is 12.0. The highest BCUT2D eigenvalue weighted by Crippen LogP contribution is 2.17. The molecule has 1 N–H and O–H groups in total. The van der Waals surface area contributed by atoms with Crippen molar-refractivity contribution in [2.45, 2.75) is 46.5 Å². The van der Waals surface area contributed by atoms with E-state index in [4.69, 9.17) is 0 Å². The summed E-state index contributed by atoms with van der Waals surface area (Å²) in [5.41, 5.74) is 0.432. The summed E-state index contributed by atoms with van der Waals surface area (Å²) in [4.78, 5) is 2.48. The molecule has 16 heavy (non-hydrogen) atoms. The number of rotatable bonds is 5. The van der Waals surface area contributed by atoms with Gasteiger partial charge in [-0.2, -0.15) is 0 Å². The van der Waals surface area contributed by atoms with Gasteiger partial charge in [0.1, 0.15) is 0 Å². The van der Waals surface area contributed by atoms with Crippen LogP contribution in [0.4, 0.5) is 0 Å². The normalized spacial score (nSPS) is 22.7. The highest BCUT2D eigenvalue weighted by molar-refractivity contribution is 4.71. The smallest absolute Gasteiger partial charge is 0.00270 e. The maximum Gasteiger partial charge on any atom is 0.00270 e. The van der Waals surface area contributed by atoms with Crippen LogP contribution in [0.1, 0.15) is 46.5 Å². The molecule has 0 spiro atoms. The van der Waals surface area contributed by atoms with Crippen LogP contribution in [0.15, 0.2) is 0 Å². The van der Waals surface area contributed by atoms with Crippen molar-refractivity contribution in [2.24, 2.45) is 11.3 Å². The van der Waals surface area contributed by atoms with Crippen LogP contribution in [0, 0.1) is 11.3 Å². The van der Waals surface area contributed by atoms with Gasteiger partial charge < -0.3 is 10.2 Å². The standard InChI is InChI=1S/C14H30N2/c1-14(2,3)12-16(4)10-6-8-13-7-5-9-15-11-13/h13,15H,5-12H2,1-4H3. The summed E-state index contributed by atoms with van der Waals surface area (Å²) in [6, 6.07) is 0. The van der Waals surface area contributed by atoms with Crippen LogP contribution in [-0.4, -0.2) is 38.1 Å². The van der Waals surface area contributed by atoms with Crippen LogP contribution < -0.4 is 5.32 Å². The van der Waals surface area contributed by atoms with E-state index in [1.807, 2.05) is 0 Å². The topological polar surface area (TPSA) is 15.3 Å². The molecule has 0 aromatic heterocycles. The minimum atomic E-state index is 0.432. The summed E-state index contributed by atoms with van der Waals surface area (Å²) < 4.78 is 0. The van der Waals surface area contributed by atoms with Crippen LogP contribution in [0.3, 0.4) is 0 Å². The second-order valence-corrected chi connectivity index (χ2v) is 6.65. The first kappa shape index (κ1) is 14.0. The molecule has 0 amide bonds. The second-order valence-electron chi connectivity index (χ2n) is 6.65. The van der Waals surface area contributed by atoms with Crippen LogP contribution in [0.25, 0.3) is 0 Å². The minimum Gasteiger partial charge on any atom is -0.316 e. The summed E-state index contributed by atoms with van der Waals surface area (Å²) in [5.74, 6) is 0.941. The van der Waals surface area contributed by atoms with E-state index in [1.165, 1.54) is 51.9 Å². The molecule has 1 aliphatic rings. The Balaban J connectivity index is 2.05. The molecule has 96 valence electrons. The Labute approximate surface area is 102 Å². The van der Waals surface area contributed by atoms with Crippen LogP contribution in [-0.2, 0) is 0 Å². The molecule has 0 aromatic carbocycles. The maximum absolute atomic E-state index is 3.50. The predicted octanol–water partition coefficient (Wildman–Crippen LogP) is 2.74. The summed E-state index contributed by atoms with van der Waals surface area (Å²) in [5, 5.41) is 3.50. The van der Waals surface area contributed by atoms with E-state index in [2.05, 4.69) is 38.0 Å². The highest BCUT2D eigenvalue weighted by Gasteiger charge is 2.15. The maximum atomic E-state index is 3.50. The van der Waals surface area contributed by atoms with Crippen molar-refractivity contribution in [3.05, 3.63) is 0 Å². The van der Waals surface area contributed by atoms with Crippen molar-refractivity contribution in [3.8, 4) is 0 Å². The number of hydrogen-bond donors (Lipinski definition) is 1. The Morgan fingerprint density at radius 1 is 1.31 bits per heavy atom. The lowest BCUT2D eigenvalue weighted by molar-refractivity contribution is 0.217. The molecule has 0 radical (unpaired) electrons. The van der Waals surface area contributed by atoms with Crippen molar-refractivity contribution in [3.63, 3.8) is 0 Å². The lowest BCUT2D eigenvalue weighted by atomic mass is 9.94. The third-order valence-corrected chi connectivity index (χ3v) is 3.30. The van der Waals surface area contributed by atoms with Crippen molar-refractivity contribution in [2.75, 3.05) is 33.2 Å². The zero-order valence-corrected chi connectivity index (χ0v) is 11.7. The van der Waals surface area contributed by atoms with E-state index in [0.29, 0.717) is 5.41 Å². The fourth-order valence-electron chi connectivity index (χ4n) is 2.71. The van der Waals surface area contributed by atoms with Crippen molar-refractivity contribution in [1.29, 1.82) is 0 Å². The molecule has 1 atom stereocenters. The molecule has 1 unspecified atom stereocenters. The molecular formula is C14H30N2. The number of nitrogens with one attached hydrogen (secondary N) is 1. The molecule has 0 aliphatic carbocycles. The summed E-state index contributed by atoms with van der Waals surface area (Å²) in [7, 11) is 2.25. The molecular weight excluding hydrogens is 196 g/mol. The number of nitrogens with zero attached hydrogens (tertiary/aromatic N) is 1. The average molecular weight is 226 g/mol. The van der Waals surface area contributed by atoms with Crippen molar-refractivity contribution < 1.29 is 0 Å². The zero-order valence-electron chi connectivity index (χ0n) is 11.7. The molecule has 1 aliphatic heterocycles. The van der Waals surface area contributed by atoms with Crippen LogP contribution in [0.2, 0.25) is 0 Å². The van der Waals surface area contributed by atoms with Gasteiger partial charge in [-0.25, -0.2) is 0 Å². The summed E-state index contributed by atoms with van der Waals surface area (Å²) >= 11 is 0. The Morgan fingerprint density at radius 2 is 2.06 bits per heavy atom. The van der Waals surface area contributed by atoms with Gasteiger partial charge in [0.05, 0.1) is 0 Å². The first-order chi connectivity index (χ1) is 7.47. The Morgan fingerprint density at radius 3 is 2.62 bits per heavy atom. The van der Waals surface area contributed by atoms with Gasteiger partial charge in [0.15, 0.2) is 0 Å². The van der Waals surface area contributed by atoms with Gasteiger partial charge in [-0.15, -0.1) is 0 Å². The van der Waals surface area contributed by atoms with Gasteiger partial charge in [0, 0.05) is 6.54 Å². The average Bonchev–Trinajstić information content (AvgIpc) is 2.16. The van der Waals surface area contributed by atoms with Gasteiger partial charge in [-0.3, -0.25) is 0 Å². The largest absolute Gasteiger partial charge is 0.316 e. The number of piperidine rings is 1. The lowest BCUT2D eigenvalue weighted by Gasteiger charge is -2.28. The third kappa shape index (κ3) is 6.49. The highest BCUT2D eigenvalue weighted by atomic mass is 15.1. The lowest BCUT2D eigenvalue weighted by Crippen LogP contribution is -2.32. The van der Waals surface area contributed by atoms with Crippen molar-refractivity contribution in [1.82, 2.24) is 10.2 Å². The van der Waals surface area contributed by atoms with Gasteiger partial charge in [-0.05, 0) is 63.7 Å². The van der Waals surface area contributed by atoms with E-state index in [-0.39, 0.29) is 0 Å². The molecule has 1 saturated heterocycles. The fraction of sp³-hybridized carbons (Fsp3) is 1.00. The number of hydrogen-bond acceptors (Lipinski definition) is 2. The quantitative estimate of drug-likeness (QED) is 0.775. The Bertz CT molecular complexity index is 178. The van der Waals surface area contributed by atoms with Gasteiger partial charge >= 0.3 is 0 Å². The van der Waals surface area contributed by atoms with E-state index in [0.717, 1.165) is 5.92 Å². The first-order valence-electron chi connectivity index (χ1n) is 6.87. The van der Waals surface area contributed by atoms with Crippen LogP contribution >= 0.6 is 0 Å². The molecule has 0 bridgehead atoms. The van der Waals surface area contributed by atoms with Gasteiger partial charge in [0.25, 0.3) is 0 Å². The Kier molecular flexibility index (Phi) is 5.77. The molecule has 0 saturated carbocycles. The fourth-order valence-corrected chi connectivity index (χ4v) is 2.71. The van der Waals surface area contributed by atoms with E-state index >= 15 is 0 Å². The monoisotopic (exact) mass is 226 g/mol. The van der Waals surface area contributed by atoms with E-state index < -0.39 is 0 Å². The molecule has 1 heterocycles. The Hall–Kier alpha value is -0.0800. The van der Waals surface area contributed by atoms with Gasteiger partial charge in [0.2, 0.25) is 0 Å². The minimum absolute atomic E-state index is 0.432. The van der Waals surface area contributed by atoms with E-state index in [9.17, 15) is 0 Å². The van der Waals surface area contributed by atoms with Gasteiger partial charge in [-0.1, -0.05) is 20.8 Å². The SMILES string of the molecule is CN(CCCC1CCCNC1)CC(C)(C)C. The van der Waals surface area contributed by atoms with Crippen molar-refractivity contribution >= 4 is 0 Å². The van der Waals surface area contributed by atoms with Crippen LogP contribution in [0.5, 0.6) is 0 Å². The van der Waals surface area contributed by atoms with E-state index in [1.54, 1.807) is 0 Å². The predicted molar refractivity (Wildman–Crippen MR) is 71.8 cm³/mol. The summed E-state index contributed by atoms with van der Waals surface area (Å²) in [6.07, 6.45) is 5.58. The first-order valence-corrected chi connectivity index (χ1v) is 6.87. The molecule has 2 heteroatoms. The molecule has 0 aromatic rings. The molecule has 1 fully saturated rings. The molecule has 1 rings (SSSR count).